The van der Waals surface area contributed by atoms with Crippen LogP contribution in [0.4, 0.5) is 4.39 Å². The number of halogens is 1. The highest BCUT2D eigenvalue weighted by Crippen LogP contribution is 2.36. The normalized spacial score (nSPS) is 17.0. The number of aryl methyl sites for hydroxylation is 2. The van der Waals surface area contributed by atoms with Crippen molar-refractivity contribution in [2.45, 2.75) is 70.4 Å². The predicted molar refractivity (Wildman–Crippen MR) is 175 cm³/mol. The van der Waals surface area contributed by atoms with Crippen molar-refractivity contribution < 1.29 is 17.6 Å². The summed E-state index contributed by atoms with van der Waals surface area (Å²) < 4.78 is 47.4. The molecular weight excluding hydrogens is 601 g/mol. The van der Waals surface area contributed by atoms with E-state index in [2.05, 4.69) is 22.2 Å². The second kappa shape index (κ2) is 13.2. The summed E-state index contributed by atoms with van der Waals surface area (Å²) in [7, 11) is -3.75. The van der Waals surface area contributed by atoms with Crippen molar-refractivity contribution in [1.82, 2.24) is 24.3 Å². The highest BCUT2D eigenvalue weighted by molar-refractivity contribution is 7.89. The van der Waals surface area contributed by atoms with Gasteiger partial charge in [-0.15, -0.1) is 5.10 Å². The van der Waals surface area contributed by atoms with E-state index >= 15 is 4.39 Å². The average Bonchev–Trinajstić information content (AvgIpc) is 3.45. The summed E-state index contributed by atoms with van der Waals surface area (Å²) in [6.07, 6.45) is 5.09. The van der Waals surface area contributed by atoms with Gasteiger partial charge in [-0.05, 0) is 77.8 Å². The first-order valence-corrected chi connectivity index (χ1v) is 17.2. The number of sulfonamides is 1. The molecule has 10 heteroatoms. The molecule has 0 radical (unpaired) electrons. The van der Waals surface area contributed by atoms with Crippen LogP contribution < -0.4 is 0 Å². The van der Waals surface area contributed by atoms with E-state index in [9.17, 15) is 13.2 Å². The quantitative estimate of drug-likeness (QED) is 0.175. The minimum atomic E-state index is -3.75. The first-order chi connectivity index (χ1) is 22.2. The minimum absolute atomic E-state index is 0.0506. The third kappa shape index (κ3) is 6.24. The number of Topliss-reactive ketones (excluding diaryl/α,β-unsaturated/α-hetero) is 1. The number of carbonyl (C=O) groups is 1. The van der Waals surface area contributed by atoms with Crippen LogP contribution in [0.2, 0.25) is 0 Å². The van der Waals surface area contributed by atoms with Gasteiger partial charge in [0.1, 0.15) is 11.3 Å². The number of pyridine rings is 1. The van der Waals surface area contributed by atoms with Crippen LogP contribution >= 0.6 is 0 Å². The summed E-state index contributed by atoms with van der Waals surface area (Å²) in [5, 5.41) is 8.21. The molecule has 0 amide bonds. The average molecular weight is 640 g/mol. The summed E-state index contributed by atoms with van der Waals surface area (Å²) in [5.41, 5.74) is 5.22. The number of fused-ring (bicyclic) bond motifs is 2. The molecule has 0 N–H and O–H groups in total. The smallest absolute Gasteiger partial charge is 0.243 e. The topological polar surface area (TPSA) is 98.1 Å². The number of benzene rings is 3. The van der Waals surface area contributed by atoms with Gasteiger partial charge in [0.2, 0.25) is 10.0 Å². The monoisotopic (exact) mass is 639 g/mol. The van der Waals surface area contributed by atoms with Gasteiger partial charge in [-0.1, -0.05) is 67.1 Å². The van der Waals surface area contributed by atoms with E-state index in [4.69, 9.17) is 0 Å². The van der Waals surface area contributed by atoms with Gasteiger partial charge in [-0.2, -0.15) is 4.31 Å². The van der Waals surface area contributed by atoms with Gasteiger partial charge in [0.05, 0.1) is 10.4 Å². The van der Waals surface area contributed by atoms with Gasteiger partial charge in [-0.3, -0.25) is 9.78 Å². The molecule has 3 heterocycles. The molecule has 2 atom stereocenters. The first-order valence-electron chi connectivity index (χ1n) is 15.8. The number of hydrogen-bond acceptors (Lipinski definition) is 6. The fourth-order valence-electron chi connectivity index (χ4n) is 6.48. The summed E-state index contributed by atoms with van der Waals surface area (Å²) in [4.78, 5) is 18.0. The number of carbonyl (C=O) groups excluding carboxylic acids is 1. The maximum Gasteiger partial charge on any atom is 0.243 e. The van der Waals surface area contributed by atoms with E-state index in [1.54, 1.807) is 51.7 Å². The van der Waals surface area contributed by atoms with Crippen LogP contribution in [0.25, 0.3) is 11.0 Å². The van der Waals surface area contributed by atoms with Crippen LogP contribution in [-0.2, 0) is 40.7 Å². The lowest BCUT2D eigenvalue weighted by Crippen LogP contribution is -2.33. The van der Waals surface area contributed by atoms with E-state index in [1.807, 2.05) is 50.2 Å². The highest BCUT2D eigenvalue weighted by Gasteiger charge is 2.33. The van der Waals surface area contributed by atoms with Gasteiger partial charge in [0, 0.05) is 50.8 Å². The second-order valence-corrected chi connectivity index (χ2v) is 14.1. The molecule has 0 aliphatic carbocycles. The van der Waals surface area contributed by atoms with E-state index in [1.165, 1.54) is 0 Å². The van der Waals surface area contributed by atoms with Gasteiger partial charge >= 0.3 is 0 Å². The van der Waals surface area contributed by atoms with Gasteiger partial charge in [0.15, 0.2) is 5.82 Å². The Hall–Kier alpha value is -4.28. The highest BCUT2D eigenvalue weighted by atomic mass is 32.2. The molecule has 6 rings (SSSR count). The molecule has 1 aliphatic heterocycles. The van der Waals surface area contributed by atoms with Crippen molar-refractivity contribution in [3.8, 4) is 0 Å². The van der Waals surface area contributed by atoms with Crippen molar-refractivity contribution in [1.29, 1.82) is 0 Å². The van der Waals surface area contributed by atoms with Gasteiger partial charge < -0.3 is 0 Å². The summed E-state index contributed by atoms with van der Waals surface area (Å²) in [6.45, 7) is 7.09. The van der Waals surface area contributed by atoms with Crippen molar-refractivity contribution >= 4 is 26.8 Å². The summed E-state index contributed by atoms with van der Waals surface area (Å²) >= 11 is 0. The van der Waals surface area contributed by atoms with Crippen LogP contribution in [0.15, 0.2) is 84.0 Å². The fourth-order valence-corrected chi connectivity index (χ4v) is 8.20. The standard InChI is InChI=1S/C36H38FN5O3S/c1-4-25-17-28-10-6-7-11-34(28)46(44,45)41(22-25)23-29-19-27(13-12-24(29)3)32(20-30(43)18-26-9-8-16-38-21-26)31-14-15-33-36(35(31)37)39-40-42(33)5-2/h6-16,19,21,25,32H,4-5,17-18,20,22-23H2,1-3H3/t25-,32-/m0/s1. The molecule has 1 aliphatic rings. The SMILES string of the molecule is CC[C@H]1Cc2ccccc2S(=O)(=O)N(Cc2cc([C@H](CC(=O)Cc3cccnc3)c3ccc4c(nnn4CC)c3F)ccc2C)C1. The van der Waals surface area contributed by atoms with E-state index < -0.39 is 21.8 Å². The number of ketones is 1. The zero-order chi connectivity index (χ0) is 32.4. The molecule has 0 unspecified atom stereocenters. The Kier molecular flexibility index (Phi) is 9.11. The molecule has 2 aromatic heterocycles. The van der Waals surface area contributed by atoms with Gasteiger partial charge in [-0.25, -0.2) is 17.5 Å². The Bertz CT molecular complexity index is 1990. The van der Waals surface area contributed by atoms with Crippen LogP contribution in [0, 0.1) is 18.7 Å². The van der Waals surface area contributed by atoms with Crippen LogP contribution in [0.3, 0.4) is 0 Å². The Balaban J connectivity index is 1.40. The molecule has 3 aromatic carbocycles. The lowest BCUT2D eigenvalue weighted by atomic mass is 9.84. The maximum absolute atomic E-state index is 16.2. The van der Waals surface area contributed by atoms with Crippen LogP contribution in [0.1, 0.15) is 66.0 Å². The number of aromatic nitrogens is 4. The third-order valence-corrected chi connectivity index (χ3v) is 11.1. The summed E-state index contributed by atoms with van der Waals surface area (Å²) in [5.74, 6) is -1.01. The van der Waals surface area contributed by atoms with Gasteiger partial charge in [0.25, 0.3) is 0 Å². The molecule has 0 fully saturated rings. The molecular formula is C36H38FN5O3S. The van der Waals surface area contributed by atoms with E-state index in [0.717, 1.165) is 34.2 Å². The molecule has 0 saturated heterocycles. The number of nitrogens with zero attached hydrogens (tertiary/aromatic N) is 5. The zero-order valence-corrected chi connectivity index (χ0v) is 27.2. The molecule has 0 spiro atoms. The second-order valence-electron chi connectivity index (χ2n) is 12.1. The Morgan fingerprint density at radius 2 is 1.89 bits per heavy atom. The lowest BCUT2D eigenvalue weighted by molar-refractivity contribution is -0.118. The van der Waals surface area contributed by atoms with Crippen molar-refractivity contribution in [2.24, 2.45) is 5.92 Å². The van der Waals surface area contributed by atoms with Crippen LogP contribution in [-0.4, -0.2) is 45.0 Å². The molecule has 0 bridgehead atoms. The Morgan fingerprint density at radius 3 is 2.65 bits per heavy atom. The van der Waals surface area contributed by atoms with Crippen molar-refractivity contribution in [3.63, 3.8) is 0 Å². The Morgan fingerprint density at radius 1 is 1.07 bits per heavy atom. The Labute approximate surface area is 269 Å². The number of hydrogen-bond donors (Lipinski definition) is 0. The van der Waals surface area contributed by atoms with Crippen LogP contribution in [0.5, 0.6) is 0 Å². The zero-order valence-electron chi connectivity index (χ0n) is 26.4. The lowest BCUT2D eigenvalue weighted by Gasteiger charge is -2.25. The molecule has 238 valence electrons. The molecule has 8 nitrogen and oxygen atoms in total. The van der Waals surface area contributed by atoms with E-state index in [-0.39, 0.29) is 36.6 Å². The van der Waals surface area contributed by atoms with E-state index in [0.29, 0.717) is 35.5 Å². The molecule has 46 heavy (non-hydrogen) atoms. The fraction of sp³-hybridized carbons (Fsp3) is 0.333. The summed E-state index contributed by atoms with van der Waals surface area (Å²) in [6, 6.07) is 20.2. The number of rotatable bonds is 10. The predicted octanol–water partition coefficient (Wildman–Crippen LogP) is 6.40. The molecule has 5 aromatic rings. The third-order valence-electron chi connectivity index (χ3n) is 9.15. The maximum atomic E-state index is 16.2. The molecule has 0 saturated carbocycles. The largest absolute Gasteiger partial charge is 0.299 e. The first kappa shape index (κ1) is 31.7. The van der Waals surface area contributed by atoms with Crippen molar-refractivity contribution in [2.75, 3.05) is 6.54 Å². The minimum Gasteiger partial charge on any atom is -0.299 e. The van der Waals surface area contributed by atoms with Crippen molar-refractivity contribution in [3.05, 3.63) is 118 Å².